The van der Waals surface area contributed by atoms with Crippen LogP contribution in [0, 0.1) is 0 Å². The molecule has 34 heavy (non-hydrogen) atoms. The summed E-state index contributed by atoms with van der Waals surface area (Å²) < 4.78 is 8.34. The number of rotatable bonds is 5. The number of nitrogens with two attached hydrogens (primary N) is 2. The smallest absolute Gasteiger partial charge is 0.338 e. The Balaban J connectivity index is 0.000000216. The van der Waals surface area contributed by atoms with Crippen LogP contribution in [0.4, 0.5) is 0 Å². The van der Waals surface area contributed by atoms with Crippen molar-refractivity contribution in [2.75, 3.05) is 6.61 Å². The van der Waals surface area contributed by atoms with E-state index >= 15 is 0 Å². The molecular weight excluding hydrogens is 440 g/mol. The number of carbonyl (C=O) groups is 2. The number of hydrogen-bond donors (Lipinski definition) is 5. The fraction of sp³-hybridized carbons (Fsp3) is 0.0909. The molecule has 0 saturated heterocycles. The van der Waals surface area contributed by atoms with Crippen LogP contribution in [0.1, 0.15) is 27.6 Å². The summed E-state index contributed by atoms with van der Waals surface area (Å²) in [5, 5.41) is 15.3. The lowest BCUT2D eigenvalue weighted by Gasteiger charge is -2.03. The first-order valence-corrected chi connectivity index (χ1v) is 10.0. The summed E-state index contributed by atoms with van der Waals surface area (Å²) in [4.78, 5) is 22.6. The number of esters is 1. The van der Waals surface area contributed by atoms with Gasteiger partial charge in [0.1, 0.15) is 0 Å². The van der Waals surface area contributed by atoms with Gasteiger partial charge in [0, 0.05) is 30.4 Å². The van der Waals surface area contributed by atoms with Crippen LogP contribution in [-0.4, -0.2) is 43.3 Å². The van der Waals surface area contributed by atoms with E-state index < -0.39 is 0 Å². The molecule has 0 bridgehead atoms. The molecule has 12 nitrogen and oxygen atoms in total. The van der Waals surface area contributed by atoms with Gasteiger partial charge in [0.25, 0.3) is 5.91 Å². The molecule has 0 atom stereocenters. The highest BCUT2D eigenvalue weighted by Crippen LogP contribution is 2.10. The summed E-state index contributed by atoms with van der Waals surface area (Å²) in [7, 11) is 0. The van der Waals surface area contributed by atoms with Crippen LogP contribution in [-0.2, 0) is 4.74 Å². The van der Waals surface area contributed by atoms with Gasteiger partial charge in [-0.2, -0.15) is 10.2 Å². The minimum atomic E-state index is -0.304. The molecule has 0 spiro atoms. The number of hydrazine groups is 2. The van der Waals surface area contributed by atoms with Gasteiger partial charge in [0.05, 0.1) is 23.5 Å². The number of ether oxygens (including phenoxy) is 1. The third-order valence-electron chi connectivity index (χ3n) is 4.18. The molecule has 4 rings (SSSR count). The SMILES string of the molecule is CCOC(=O)c1ccc(-n2cccn2)cc1.NNC(=O)c1ccc(-n2cccn2)cc1.NNO. The third-order valence-corrected chi connectivity index (χ3v) is 4.18. The summed E-state index contributed by atoms with van der Waals surface area (Å²) >= 11 is 0. The number of carbonyl (C=O) groups excluding carboxylic acids is 2. The van der Waals surface area contributed by atoms with Gasteiger partial charge < -0.3 is 9.94 Å². The topological polar surface area (TPSA) is 175 Å². The van der Waals surface area contributed by atoms with E-state index in [0.717, 1.165) is 11.4 Å². The molecule has 178 valence electrons. The van der Waals surface area contributed by atoms with Crippen molar-refractivity contribution in [1.29, 1.82) is 0 Å². The standard InChI is InChI=1S/C12H12N2O2.C10H10N4O.H4N2O/c1-2-16-12(15)10-4-6-11(7-5-10)14-9-3-8-13-14;11-13-10(15)8-2-4-9(5-3-8)14-7-1-6-12-14;1-2-3/h3-9H,2H2,1H3;1-7H,11H2,(H,13,15);2-3H,1H2. The molecule has 4 aromatic rings. The lowest BCUT2D eigenvalue weighted by atomic mass is 10.2. The Morgan fingerprint density at radius 2 is 1.32 bits per heavy atom. The second-order valence-corrected chi connectivity index (χ2v) is 6.32. The van der Waals surface area contributed by atoms with Crippen LogP contribution < -0.4 is 22.7 Å². The predicted molar refractivity (Wildman–Crippen MR) is 124 cm³/mol. The Hall–Kier alpha value is -4.36. The predicted octanol–water partition coefficient (Wildman–Crippen LogP) is 1.36. The third kappa shape index (κ3) is 7.65. The number of nitrogen functional groups attached to an aromatic ring is 1. The quantitative estimate of drug-likeness (QED) is 0.126. The Morgan fingerprint density at radius 3 is 1.68 bits per heavy atom. The van der Waals surface area contributed by atoms with Gasteiger partial charge in [-0.25, -0.2) is 25.8 Å². The molecule has 0 fully saturated rings. The zero-order chi connectivity index (χ0) is 24.8. The molecule has 0 aliphatic heterocycles. The Labute approximate surface area is 195 Å². The summed E-state index contributed by atoms with van der Waals surface area (Å²) in [5.74, 6) is 8.57. The number of nitrogens with one attached hydrogen (secondary N) is 2. The number of benzene rings is 2. The van der Waals surface area contributed by atoms with E-state index in [4.69, 9.17) is 15.8 Å². The average molecular weight is 467 g/mol. The zero-order valence-corrected chi connectivity index (χ0v) is 18.4. The van der Waals surface area contributed by atoms with E-state index in [9.17, 15) is 9.59 Å². The molecule has 7 N–H and O–H groups in total. The van der Waals surface area contributed by atoms with Crippen LogP contribution in [0.5, 0.6) is 0 Å². The fourth-order valence-electron chi connectivity index (χ4n) is 2.66. The zero-order valence-electron chi connectivity index (χ0n) is 18.4. The van der Waals surface area contributed by atoms with Crippen molar-refractivity contribution in [2.45, 2.75) is 6.92 Å². The van der Waals surface area contributed by atoms with E-state index in [1.807, 2.05) is 36.7 Å². The van der Waals surface area contributed by atoms with Crippen LogP contribution in [0.3, 0.4) is 0 Å². The molecular formula is C22H26N8O4. The first-order chi connectivity index (χ1) is 16.5. The van der Waals surface area contributed by atoms with E-state index in [1.165, 1.54) is 5.59 Å². The Kier molecular flexibility index (Phi) is 10.6. The van der Waals surface area contributed by atoms with Gasteiger partial charge in [-0.15, -0.1) is 5.59 Å². The summed E-state index contributed by atoms with van der Waals surface area (Å²) in [5.41, 5.74) is 6.21. The van der Waals surface area contributed by atoms with Gasteiger partial charge in [0.15, 0.2) is 0 Å². The lowest BCUT2D eigenvalue weighted by Crippen LogP contribution is -2.29. The fourth-order valence-corrected chi connectivity index (χ4v) is 2.66. The van der Waals surface area contributed by atoms with Crippen LogP contribution in [0.25, 0.3) is 11.4 Å². The molecule has 0 radical (unpaired) electrons. The number of hydrogen-bond acceptors (Lipinski definition) is 9. The first kappa shape index (κ1) is 25.9. The number of amides is 1. The molecule has 2 heterocycles. The van der Waals surface area contributed by atoms with E-state index in [-0.39, 0.29) is 11.9 Å². The van der Waals surface area contributed by atoms with Gasteiger partial charge in [-0.1, -0.05) is 0 Å². The van der Waals surface area contributed by atoms with Crippen molar-refractivity contribution in [2.24, 2.45) is 11.7 Å². The number of nitrogens with zero attached hydrogens (tertiary/aromatic N) is 4. The minimum absolute atomic E-state index is 0.297. The van der Waals surface area contributed by atoms with Crippen molar-refractivity contribution in [3.05, 3.63) is 96.6 Å². The van der Waals surface area contributed by atoms with Gasteiger partial charge in [-0.3, -0.25) is 10.2 Å². The largest absolute Gasteiger partial charge is 0.462 e. The molecule has 2 aromatic carbocycles. The van der Waals surface area contributed by atoms with Crippen LogP contribution >= 0.6 is 0 Å². The van der Waals surface area contributed by atoms with Gasteiger partial charge in [-0.05, 0) is 67.6 Å². The van der Waals surface area contributed by atoms with Crippen molar-refractivity contribution in [3.63, 3.8) is 0 Å². The molecule has 0 aliphatic rings. The van der Waals surface area contributed by atoms with E-state index in [0.29, 0.717) is 17.7 Å². The maximum atomic E-state index is 11.4. The van der Waals surface area contributed by atoms with Crippen molar-refractivity contribution < 1.29 is 19.5 Å². The summed E-state index contributed by atoms with van der Waals surface area (Å²) in [6.45, 7) is 2.18. The van der Waals surface area contributed by atoms with Crippen molar-refractivity contribution in [3.8, 4) is 11.4 Å². The highest BCUT2D eigenvalue weighted by molar-refractivity contribution is 5.93. The molecule has 0 unspecified atom stereocenters. The van der Waals surface area contributed by atoms with E-state index in [2.05, 4.69) is 21.5 Å². The first-order valence-electron chi connectivity index (χ1n) is 10.0. The van der Waals surface area contributed by atoms with Crippen LogP contribution in [0.2, 0.25) is 0 Å². The normalized spacial score (nSPS) is 9.65. The van der Waals surface area contributed by atoms with Crippen LogP contribution in [0.15, 0.2) is 85.5 Å². The molecule has 0 aliphatic carbocycles. The second kappa shape index (κ2) is 13.9. The number of aromatic nitrogens is 4. The van der Waals surface area contributed by atoms with Crippen molar-refractivity contribution in [1.82, 2.24) is 30.6 Å². The minimum Gasteiger partial charge on any atom is -0.462 e. The summed E-state index contributed by atoms with van der Waals surface area (Å²) in [6.07, 6.45) is 7.08. The Morgan fingerprint density at radius 1 is 0.882 bits per heavy atom. The summed E-state index contributed by atoms with van der Waals surface area (Å²) in [6, 6.07) is 17.8. The van der Waals surface area contributed by atoms with E-state index in [1.54, 1.807) is 65.1 Å². The molecule has 12 heteroatoms. The highest BCUT2D eigenvalue weighted by Gasteiger charge is 2.06. The van der Waals surface area contributed by atoms with Gasteiger partial charge in [0.2, 0.25) is 0 Å². The molecule has 0 saturated carbocycles. The monoisotopic (exact) mass is 466 g/mol. The second-order valence-electron chi connectivity index (χ2n) is 6.32. The van der Waals surface area contributed by atoms with Crippen molar-refractivity contribution >= 4 is 11.9 Å². The highest BCUT2D eigenvalue weighted by atomic mass is 16.5. The maximum absolute atomic E-state index is 11.4. The molecule has 1 amide bonds. The molecule has 2 aromatic heterocycles. The Bertz CT molecular complexity index is 1110. The average Bonchev–Trinajstić information content (AvgIpc) is 3.60. The maximum Gasteiger partial charge on any atom is 0.338 e. The lowest BCUT2D eigenvalue weighted by molar-refractivity contribution is 0.0526. The van der Waals surface area contributed by atoms with Gasteiger partial charge >= 0.3 is 5.97 Å².